The maximum absolute atomic E-state index is 14.2. The number of aromatic nitrogens is 1. The summed E-state index contributed by atoms with van der Waals surface area (Å²) < 4.78 is 25.9. The molecule has 4 rings (SSSR count). The van der Waals surface area contributed by atoms with E-state index in [9.17, 15) is 18.8 Å². The molecular formula is C27H22FN3O5. The Morgan fingerprint density at radius 2 is 1.56 bits per heavy atom. The van der Waals surface area contributed by atoms with Gasteiger partial charge in [-0.15, -0.1) is 0 Å². The second-order valence-electron chi connectivity index (χ2n) is 7.60. The number of ether oxygens (including phenoxy) is 2. The summed E-state index contributed by atoms with van der Waals surface area (Å²) in [6.07, 6.45) is 1.27. The van der Waals surface area contributed by atoms with Gasteiger partial charge in [-0.2, -0.15) is 0 Å². The molecule has 2 N–H and O–H groups in total. The summed E-state index contributed by atoms with van der Waals surface area (Å²) in [5.41, 5.74) is 0.566. The first-order valence-corrected chi connectivity index (χ1v) is 10.9. The molecule has 36 heavy (non-hydrogen) atoms. The van der Waals surface area contributed by atoms with Gasteiger partial charge in [-0.05, 0) is 48.5 Å². The molecule has 0 fully saturated rings. The molecule has 0 radical (unpaired) electrons. The normalized spacial score (nSPS) is 10.4. The number of methoxy groups -OCH3 is 1. The molecule has 0 saturated heterocycles. The van der Waals surface area contributed by atoms with Crippen LogP contribution >= 0.6 is 0 Å². The van der Waals surface area contributed by atoms with E-state index in [-0.39, 0.29) is 17.9 Å². The molecule has 4 aromatic rings. The average Bonchev–Trinajstić information content (AvgIpc) is 2.88. The zero-order valence-corrected chi connectivity index (χ0v) is 19.2. The number of rotatable bonds is 8. The van der Waals surface area contributed by atoms with E-state index in [0.717, 1.165) is 4.57 Å². The molecule has 2 amide bonds. The smallest absolute Gasteiger partial charge is 0.262 e. The van der Waals surface area contributed by atoms with E-state index >= 15 is 0 Å². The number of nitrogens with zero attached hydrogens (tertiary/aromatic N) is 1. The van der Waals surface area contributed by atoms with Crippen molar-refractivity contribution in [3.8, 4) is 17.2 Å². The van der Waals surface area contributed by atoms with E-state index < -0.39 is 23.2 Å². The van der Waals surface area contributed by atoms with Gasteiger partial charge in [0.15, 0.2) is 18.1 Å². The van der Waals surface area contributed by atoms with Crippen LogP contribution in [0.25, 0.3) is 5.69 Å². The van der Waals surface area contributed by atoms with Gasteiger partial charge in [-0.3, -0.25) is 19.0 Å². The second-order valence-corrected chi connectivity index (χ2v) is 7.60. The molecule has 0 spiro atoms. The molecule has 0 saturated carbocycles. The van der Waals surface area contributed by atoms with Crippen molar-refractivity contribution < 1.29 is 23.5 Å². The topological polar surface area (TPSA) is 98.7 Å². The van der Waals surface area contributed by atoms with Gasteiger partial charge in [-0.1, -0.05) is 30.3 Å². The minimum absolute atomic E-state index is 0.0391. The van der Waals surface area contributed by atoms with Crippen LogP contribution in [0.15, 0.2) is 95.9 Å². The highest BCUT2D eigenvalue weighted by molar-refractivity contribution is 6.04. The van der Waals surface area contributed by atoms with Gasteiger partial charge in [0.1, 0.15) is 5.82 Å². The largest absolute Gasteiger partial charge is 0.493 e. The van der Waals surface area contributed by atoms with Crippen molar-refractivity contribution in [1.29, 1.82) is 0 Å². The van der Waals surface area contributed by atoms with Crippen LogP contribution in [0.5, 0.6) is 11.5 Å². The van der Waals surface area contributed by atoms with E-state index in [1.54, 1.807) is 54.6 Å². The number of carbonyl (C=O) groups excluding carboxylic acids is 2. The minimum Gasteiger partial charge on any atom is -0.493 e. The van der Waals surface area contributed by atoms with Crippen LogP contribution < -0.4 is 25.7 Å². The summed E-state index contributed by atoms with van der Waals surface area (Å²) in [6.45, 7) is -0.242. The Labute approximate surface area is 205 Å². The standard InChI is InChI=1S/C27H22FN3O5/c1-35-23-11-4-5-12-24(23)36-17-25(32)29-19-7-6-8-20(15-19)30-27(34)18-13-14-26(33)31(16-18)22-10-3-2-9-21(22)28/h2-16H,17H2,1H3,(H,29,32)(H,30,34). The highest BCUT2D eigenvalue weighted by atomic mass is 19.1. The molecule has 182 valence electrons. The lowest BCUT2D eigenvalue weighted by atomic mass is 10.2. The van der Waals surface area contributed by atoms with Gasteiger partial charge in [0.05, 0.1) is 18.4 Å². The van der Waals surface area contributed by atoms with Gasteiger partial charge in [-0.25, -0.2) is 4.39 Å². The first kappa shape index (κ1) is 24.2. The van der Waals surface area contributed by atoms with Gasteiger partial charge in [0.25, 0.3) is 17.4 Å². The molecular weight excluding hydrogens is 465 g/mol. The van der Waals surface area contributed by atoms with Crippen LogP contribution in [0.3, 0.4) is 0 Å². The molecule has 1 aromatic heterocycles. The van der Waals surface area contributed by atoms with Crippen molar-refractivity contribution >= 4 is 23.2 Å². The number of anilines is 2. The molecule has 0 aliphatic rings. The molecule has 8 nitrogen and oxygen atoms in total. The van der Waals surface area contributed by atoms with Crippen molar-refractivity contribution in [3.05, 3.63) is 113 Å². The molecule has 0 aliphatic carbocycles. The summed E-state index contributed by atoms with van der Waals surface area (Å²) in [7, 11) is 1.51. The molecule has 0 bridgehead atoms. The second kappa shape index (κ2) is 11.0. The first-order chi connectivity index (χ1) is 17.4. The van der Waals surface area contributed by atoms with Crippen LogP contribution in [0, 0.1) is 5.82 Å². The van der Waals surface area contributed by atoms with Gasteiger partial charge < -0.3 is 20.1 Å². The van der Waals surface area contributed by atoms with Crippen LogP contribution in [-0.2, 0) is 4.79 Å². The lowest BCUT2D eigenvalue weighted by Gasteiger charge is -2.12. The molecule has 0 unspecified atom stereocenters. The quantitative estimate of drug-likeness (QED) is 0.387. The number of halogens is 1. The van der Waals surface area contributed by atoms with E-state index in [1.165, 1.54) is 43.6 Å². The Bertz CT molecular complexity index is 1470. The van der Waals surface area contributed by atoms with Gasteiger partial charge in [0, 0.05) is 23.6 Å². The highest BCUT2D eigenvalue weighted by Crippen LogP contribution is 2.25. The number of hydrogen-bond donors (Lipinski definition) is 2. The van der Waals surface area contributed by atoms with Crippen LogP contribution in [0.1, 0.15) is 10.4 Å². The van der Waals surface area contributed by atoms with Crippen molar-refractivity contribution in [1.82, 2.24) is 4.57 Å². The number of amides is 2. The summed E-state index contributed by atoms with van der Waals surface area (Å²) >= 11 is 0. The lowest BCUT2D eigenvalue weighted by Crippen LogP contribution is -2.22. The third-order valence-electron chi connectivity index (χ3n) is 5.12. The van der Waals surface area contributed by atoms with Gasteiger partial charge >= 0.3 is 0 Å². The Balaban J connectivity index is 1.42. The first-order valence-electron chi connectivity index (χ1n) is 10.9. The molecule has 3 aromatic carbocycles. The number of carbonyl (C=O) groups is 2. The van der Waals surface area contributed by atoms with E-state index in [2.05, 4.69) is 10.6 Å². The number of para-hydroxylation sites is 3. The van der Waals surface area contributed by atoms with Gasteiger partial charge in [0.2, 0.25) is 0 Å². The monoisotopic (exact) mass is 487 g/mol. The molecule has 0 atom stereocenters. The fraction of sp³-hybridized carbons (Fsp3) is 0.0741. The third kappa shape index (κ3) is 5.76. The Morgan fingerprint density at radius 3 is 2.31 bits per heavy atom. The van der Waals surface area contributed by atoms with Crippen LogP contribution in [0.4, 0.5) is 15.8 Å². The zero-order chi connectivity index (χ0) is 25.5. The highest BCUT2D eigenvalue weighted by Gasteiger charge is 2.12. The maximum Gasteiger partial charge on any atom is 0.262 e. The average molecular weight is 487 g/mol. The number of pyridine rings is 1. The summed E-state index contributed by atoms with van der Waals surface area (Å²) in [4.78, 5) is 37.4. The predicted octanol–water partition coefficient (Wildman–Crippen LogP) is 4.26. The summed E-state index contributed by atoms with van der Waals surface area (Å²) in [6, 6.07) is 21.9. The maximum atomic E-state index is 14.2. The molecule has 0 aliphatic heterocycles. The fourth-order valence-corrected chi connectivity index (χ4v) is 3.41. The van der Waals surface area contributed by atoms with Crippen molar-refractivity contribution in [2.75, 3.05) is 24.4 Å². The zero-order valence-electron chi connectivity index (χ0n) is 19.2. The Hall–Kier alpha value is -4.92. The van der Waals surface area contributed by atoms with Crippen molar-refractivity contribution in [3.63, 3.8) is 0 Å². The fourth-order valence-electron chi connectivity index (χ4n) is 3.41. The predicted molar refractivity (Wildman–Crippen MR) is 134 cm³/mol. The van der Waals surface area contributed by atoms with Crippen LogP contribution in [-0.4, -0.2) is 30.1 Å². The summed E-state index contributed by atoms with van der Waals surface area (Å²) in [5, 5.41) is 5.41. The lowest BCUT2D eigenvalue weighted by molar-refractivity contribution is -0.118. The van der Waals surface area contributed by atoms with E-state index in [0.29, 0.717) is 22.9 Å². The van der Waals surface area contributed by atoms with E-state index in [1.807, 2.05) is 0 Å². The Morgan fingerprint density at radius 1 is 0.861 bits per heavy atom. The minimum atomic E-state index is -0.588. The van der Waals surface area contributed by atoms with Crippen molar-refractivity contribution in [2.24, 2.45) is 0 Å². The van der Waals surface area contributed by atoms with Crippen LogP contribution in [0.2, 0.25) is 0 Å². The number of benzene rings is 3. The molecule has 9 heteroatoms. The summed E-state index contributed by atoms with van der Waals surface area (Å²) in [5.74, 6) is -0.552. The Kier molecular flexibility index (Phi) is 7.40. The van der Waals surface area contributed by atoms with Crippen molar-refractivity contribution in [2.45, 2.75) is 0 Å². The van der Waals surface area contributed by atoms with E-state index in [4.69, 9.17) is 9.47 Å². The SMILES string of the molecule is COc1ccccc1OCC(=O)Nc1cccc(NC(=O)c2ccc(=O)n(-c3ccccc3F)c2)c1. The number of nitrogens with one attached hydrogen (secondary N) is 2. The molecule has 1 heterocycles. The third-order valence-corrected chi connectivity index (χ3v) is 5.12. The number of hydrogen-bond acceptors (Lipinski definition) is 5.